The number of aromatic nitrogens is 1. The van der Waals surface area contributed by atoms with E-state index in [9.17, 15) is 9.90 Å². The predicted molar refractivity (Wildman–Crippen MR) is 83.2 cm³/mol. The van der Waals surface area contributed by atoms with Crippen LogP contribution < -0.4 is 5.32 Å². The van der Waals surface area contributed by atoms with E-state index in [0.717, 1.165) is 24.4 Å². The molecule has 1 fully saturated rings. The number of likely N-dealkylation sites (tertiary alicyclic amines) is 1. The first-order chi connectivity index (χ1) is 10.2. The van der Waals surface area contributed by atoms with Gasteiger partial charge in [0.05, 0.1) is 5.69 Å². The van der Waals surface area contributed by atoms with Crippen LogP contribution in [-0.2, 0) is 11.3 Å². The Balaban J connectivity index is 1.91. The van der Waals surface area contributed by atoms with E-state index in [4.69, 9.17) is 4.52 Å². The van der Waals surface area contributed by atoms with Gasteiger partial charge in [-0.3, -0.25) is 4.79 Å². The first-order valence-corrected chi connectivity index (χ1v) is 7.84. The summed E-state index contributed by atoms with van der Waals surface area (Å²) >= 11 is 0. The molecule has 1 atom stereocenters. The average molecular weight is 309 g/mol. The zero-order chi connectivity index (χ0) is 16.4. The van der Waals surface area contributed by atoms with Gasteiger partial charge >= 0.3 is 0 Å². The zero-order valence-electron chi connectivity index (χ0n) is 14.0. The monoisotopic (exact) mass is 309 g/mol. The molecule has 2 N–H and O–H groups in total. The Labute approximate surface area is 131 Å². The maximum Gasteiger partial charge on any atom is 0.255 e. The molecule has 1 aliphatic heterocycles. The normalized spacial score (nSPS) is 23.1. The minimum absolute atomic E-state index is 0.0274. The van der Waals surface area contributed by atoms with Gasteiger partial charge in [0.15, 0.2) is 5.60 Å². The number of amides is 1. The molecule has 1 aromatic rings. The van der Waals surface area contributed by atoms with Crippen molar-refractivity contribution < 1.29 is 14.4 Å². The number of carbonyl (C=O) groups is 1. The highest BCUT2D eigenvalue weighted by atomic mass is 16.5. The number of carbonyl (C=O) groups excluding carboxylic acids is 1. The molecule has 0 radical (unpaired) electrons. The van der Waals surface area contributed by atoms with Crippen molar-refractivity contribution in [3.63, 3.8) is 0 Å². The van der Waals surface area contributed by atoms with Gasteiger partial charge in [0, 0.05) is 32.2 Å². The number of nitrogens with zero attached hydrogens (tertiary/aromatic N) is 2. The highest BCUT2D eigenvalue weighted by molar-refractivity contribution is 5.86. The molecule has 1 aliphatic rings. The van der Waals surface area contributed by atoms with E-state index in [1.54, 1.807) is 4.90 Å². The predicted octanol–water partition coefficient (Wildman–Crippen LogP) is 1.47. The minimum Gasteiger partial charge on any atom is -0.379 e. The third-order valence-corrected chi connectivity index (χ3v) is 3.77. The summed E-state index contributed by atoms with van der Waals surface area (Å²) in [7, 11) is 0. The number of nitrogens with one attached hydrogen (secondary N) is 1. The molecule has 6 heteroatoms. The van der Waals surface area contributed by atoms with Gasteiger partial charge in [-0.15, -0.1) is 0 Å². The van der Waals surface area contributed by atoms with Gasteiger partial charge in [-0.25, -0.2) is 0 Å². The lowest BCUT2D eigenvalue weighted by Crippen LogP contribution is -2.59. The van der Waals surface area contributed by atoms with E-state index in [1.807, 2.05) is 13.0 Å². The Hall–Kier alpha value is -1.40. The molecule has 0 spiro atoms. The van der Waals surface area contributed by atoms with Crippen molar-refractivity contribution in [2.24, 2.45) is 5.41 Å². The summed E-state index contributed by atoms with van der Waals surface area (Å²) in [5.41, 5.74) is -0.516. The summed E-state index contributed by atoms with van der Waals surface area (Å²) < 4.78 is 5.00. The van der Waals surface area contributed by atoms with Crippen LogP contribution in [0.15, 0.2) is 10.6 Å². The number of rotatable bonds is 5. The molecule has 0 saturated carbocycles. The van der Waals surface area contributed by atoms with Crippen LogP contribution in [0.4, 0.5) is 0 Å². The third-order valence-electron chi connectivity index (χ3n) is 3.77. The van der Waals surface area contributed by atoms with Gasteiger partial charge in [0.1, 0.15) is 5.76 Å². The molecule has 1 amide bonds. The van der Waals surface area contributed by atoms with Gasteiger partial charge in [0.2, 0.25) is 0 Å². The maximum atomic E-state index is 12.6. The number of aliphatic hydroxyl groups is 1. The Bertz CT molecular complexity index is 521. The summed E-state index contributed by atoms with van der Waals surface area (Å²) in [6.07, 6.45) is 1.32. The second-order valence-electron chi connectivity index (χ2n) is 7.45. The summed E-state index contributed by atoms with van der Waals surface area (Å²) in [5, 5.41) is 17.7. The Morgan fingerprint density at radius 1 is 1.50 bits per heavy atom. The minimum atomic E-state index is -1.32. The Morgan fingerprint density at radius 3 is 2.82 bits per heavy atom. The van der Waals surface area contributed by atoms with E-state index in [0.29, 0.717) is 19.5 Å². The summed E-state index contributed by atoms with van der Waals surface area (Å²) in [6.45, 7) is 10.2. The van der Waals surface area contributed by atoms with Crippen molar-refractivity contribution in [2.45, 2.75) is 52.7 Å². The van der Waals surface area contributed by atoms with Crippen LogP contribution in [0.2, 0.25) is 0 Å². The van der Waals surface area contributed by atoms with Crippen LogP contribution in [0.5, 0.6) is 0 Å². The number of hydrogen-bond donors (Lipinski definition) is 2. The summed E-state index contributed by atoms with van der Waals surface area (Å²) in [4.78, 5) is 14.4. The summed E-state index contributed by atoms with van der Waals surface area (Å²) in [6, 6.07) is 1.84. The highest BCUT2D eigenvalue weighted by Gasteiger charge is 2.42. The fourth-order valence-electron chi connectivity index (χ4n) is 2.85. The zero-order valence-corrected chi connectivity index (χ0v) is 14.0. The largest absolute Gasteiger partial charge is 0.379 e. The first-order valence-electron chi connectivity index (χ1n) is 7.84. The van der Waals surface area contributed by atoms with Gasteiger partial charge in [-0.05, 0) is 25.2 Å². The molecule has 1 saturated heterocycles. The highest BCUT2D eigenvalue weighted by Crippen LogP contribution is 2.25. The first kappa shape index (κ1) is 17.0. The van der Waals surface area contributed by atoms with Gasteiger partial charge < -0.3 is 19.8 Å². The number of aryl methyl sites for hydroxylation is 1. The second kappa shape index (κ2) is 6.38. The second-order valence-corrected chi connectivity index (χ2v) is 7.45. The van der Waals surface area contributed by atoms with Crippen molar-refractivity contribution in [3.05, 3.63) is 17.5 Å². The molecular formula is C16H27N3O3. The standard InChI is InChI=1S/C16H27N3O3/c1-12-8-13(18-22-12)9-17-10-16(21)6-5-7-19(14(16)20)11-15(2,3)4/h8,17,21H,5-7,9-11H2,1-4H3. The van der Waals surface area contributed by atoms with Crippen LogP contribution in [-0.4, -0.2) is 46.3 Å². The van der Waals surface area contributed by atoms with Crippen LogP contribution >= 0.6 is 0 Å². The molecule has 22 heavy (non-hydrogen) atoms. The molecule has 2 heterocycles. The SMILES string of the molecule is Cc1cc(CNCC2(O)CCCN(CC(C)(C)C)C2=O)no1. The van der Waals surface area contributed by atoms with Crippen molar-refractivity contribution in [1.29, 1.82) is 0 Å². The van der Waals surface area contributed by atoms with E-state index >= 15 is 0 Å². The van der Waals surface area contributed by atoms with E-state index in [-0.39, 0.29) is 17.9 Å². The maximum absolute atomic E-state index is 12.6. The Morgan fingerprint density at radius 2 is 2.23 bits per heavy atom. The van der Waals surface area contributed by atoms with Crippen LogP contribution in [0, 0.1) is 12.3 Å². The van der Waals surface area contributed by atoms with Gasteiger partial charge in [-0.1, -0.05) is 25.9 Å². The smallest absolute Gasteiger partial charge is 0.255 e. The van der Waals surface area contributed by atoms with Crippen molar-refractivity contribution in [2.75, 3.05) is 19.6 Å². The molecular weight excluding hydrogens is 282 g/mol. The van der Waals surface area contributed by atoms with E-state index in [1.165, 1.54) is 0 Å². The molecule has 6 nitrogen and oxygen atoms in total. The van der Waals surface area contributed by atoms with E-state index < -0.39 is 5.60 Å². The van der Waals surface area contributed by atoms with Gasteiger partial charge in [-0.2, -0.15) is 0 Å². The fourth-order valence-corrected chi connectivity index (χ4v) is 2.85. The van der Waals surface area contributed by atoms with Crippen LogP contribution in [0.3, 0.4) is 0 Å². The lowest BCUT2D eigenvalue weighted by molar-refractivity contribution is -0.158. The number of piperidine rings is 1. The topological polar surface area (TPSA) is 78.6 Å². The molecule has 0 aromatic carbocycles. The molecule has 2 rings (SSSR count). The Kier molecular flexibility index (Phi) is 4.92. The molecule has 124 valence electrons. The quantitative estimate of drug-likeness (QED) is 0.861. The van der Waals surface area contributed by atoms with Crippen molar-refractivity contribution in [3.8, 4) is 0 Å². The van der Waals surface area contributed by atoms with Crippen molar-refractivity contribution >= 4 is 5.91 Å². The van der Waals surface area contributed by atoms with E-state index in [2.05, 4.69) is 31.2 Å². The lowest BCUT2D eigenvalue weighted by Gasteiger charge is -2.40. The fraction of sp³-hybridized carbons (Fsp3) is 0.750. The van der Waals surface area contributed by atoms with Crippen molar-refractivity contribution in [1.82, 2.24) is 15.4 Å². The molecule has 0 aliphatic carbocycles. The van der Waals surface area contributed by atoms with Crippen LogP contribution in [0.25, 0.3) is 0 Å². The average Bonchev–Trinajstić information content (AvgIpc) is 2.80. The summed E-state index contributed by atoms with van der Waals surface area (Å²) in [5.74, 6) is 0.582. The molecule has 0 bridgehead atoms. The lowest BCUT2D eigenvalue weighted by atomic mass is 9.88. The molecule has 1 unspecified atom stereocenters. The number of hydrogen-bond acceptors (Lipinski definition) is 5. The third kappa shape index (κ3) is 4.30. The van der Waals surface area contributed by atoms with Crippen LogP contribution in [0.1, 0.15) is 45.1 Å². The molecule has 1 aromatic heterocycles. The van der Waals surface area contributed by atoms with Gasteiger partial charge in [0.25, 0.3) is 5.91 Å².